The van der Waals surface area contributed by atoms with Gasteiger partial charge in [-0.2, -0.15) is 0 Å². The monoisotopic (exact) mass is 246 g/mol. The van der Waals surface area contributed by atoms with Gasteiger partial charge in [-0.05, 0) is 18.4 Å². The van der Waals surface area contributed by atoms with Gasteiger partial charge in [0.15, 0.2) is 0 Å². The standard InChI is InChI=1S/C15H18O3/c16-13-11-15(17)18-14(13)10-6-2-5-9-12-7-3-1-4-8-12/h1-4,6-8,13-14,16H,5,9-11H2/b6-2-/t13-,14-/m0/s1. The molecule has 0 aromatic heterocycles. The maximum Gasteiger partial charge on any atom is 0.308 e. The molecule has 0 radical (unpaired) electrons. The van der Waals surface area contributed by atoms with Crippen molar-refractivity contribution in [2.45, 2.75) is 37.9 Å². The fourth-order valence-electron chi connectivity index (χ4n) is 2.05. The maximum atomic E-state index is 10.9. The highest BCUT2D eigenvalue weighted by Gasteiger charge is 2.31. The lowest BCUT2D eigenvalue weighted by Gasteiger charge is -2.09. The second-order valence-electron chi connectivity index (χ2n) is 4.53. The van der Waals surface area contributed by atoms with Gasteiger partial charge in [-0.15, -0.1) is 0 Å². The molecule has 18 heavy (non-hydrogen) atoms. The Morgan fingerprint density at radius 1 is 1.28 bits per heavy atom. The summed E-state index contributed by atoms with van der Waals surface area (Å²) in [5.41, 5.74) is 1.31. The quantitative estimate of drug-likeness (QED) is 0.640. The number of benzene rings is 1. The molecule has 1 saturated heterocycles. The largest absolute Gasteiger partial charge is 0.459 e. The molecule has 1 aromatic rings. The number of aryl methyl sites for hydroxylation is 1. The SMILES string of the molecule is O=C1C[C@H](O)[C@H](C/C=C\CCc2ccccc2)O1. The Hall–Kier alpha value is -1.61. The van der Waals surface area contributed by atoms with Crippen molar-refractivity contribution in [2.24, 2.45) is 0 Å². The van der Waals surface area contributed by atoms with Gasteiger partial charge in [0.25, 0.3) is 0 Å². The number of allylic oxidation sites excluding steroid dienone is 1. The Kier molecular flexibility index (Phi) is 4.53. The molecular formula is C15H18O3. The van der Waals surface area contributed by atoms with Crippen molar-refractivity contribution in [3.63, 3.8) is 0 Å². The Morgan fingerprint density at radius 3 is 2.72 bits per heavy atom. The molecule has 2 atom stereocenters. The lowest BCUT2D eigenvalue weighted by atomic mass is 10.1. The average molecular weight is 246 g/mol. The predicted molar refractivity (Wildman–Crippen MR) is 69.0 cm³/mol. The van der Waals surface area contributed by atoms with E-state index in [1.165, 1.54) is 5.56 Å². The first-order chi connectivity index (χ1) is 8.75. The second kappa shape index (κ2) is 6.36. The Bertz CT molecular complexity index is 411. The van der Waals surface area contributed by atoms with Crippen LogP contribution >= 0.6 is 0 Å². The number of ether oxygens (including phenoxy) is 1. The van der Waals surface area contributed by atoms with E-state index < -0.39 is 6.10 Å². The van der Waals surface area contributed by atoms with Gasteiger partial charge in [0.2, 0.25) is 0 Å². The molecule has 0 amide bonds. The predicted octanol–water partition coefficient (Wildman–Crippen LogP) is 2.24. The van der Waals surface area contributed by atoms with E-state index in [9.17, 15) is 9.90 Å². The fourth-order valence-corrected chi connectivity index (χ4v) is 2.05. The lowest BCUT2D eigenvalue weighted by Crippen LogP contribution is -2.19. The van der Waals surface area contributed by atoms with Gasteiger partial charge < -0.3 is 9.84 Å². The number of rotatable bonds is 5. The minimum atomic E-state index is -0.642. The van der Waals surface area contributed by atoms with Gasteiger partial charge in [0, 0.05) is 6.42 Å². The van der Waals surface area contributed by atoms with Crippen LogP contribution in [0.2, 0.25) is 0 Å². The van der Waals surface area contributed by atoms with Crippen molar-refractivity contribution in [2.75, 3.05) is 0 Å². The van der Waals surface area contributed by atoms with E-state index in [4.69, 9.17) is 4.74 Å². The maximum absolute atomic E-state index is 10.9. The molecule has 0 aliphatic carbocycles. The normalized spacial score (nSPS) is 23.5. The van der Waals surface area contributed by atoms with Crippen molar-refractivity contribution in [1.29, 1.82) is 0 Å². The summed E-state index contributed by atoms with van der Waals surface area (Å²) >= 11 is 0. The molecule has 3 nitrogen and oxygen atoms in total. The van der Waals surface area contributed by atoms with E-state index in [0.717, 1.165) is 12.8 Å². The molecule has 96 valence electrons. The molecule has 0 bridgehead atoms. The number of carbonyl (C=O) groups excluding carboxylic acids is 1. The van der Waals surface area contributed by atoms with E-state index in [1.807, 2.05) is 24.3 Å². The van der Waals surface area contributed by atoms with Gasteiger partial charge >= 0.3 is 5.97 Å². The number of cyclic esters (lactones) is 1. The molecule has 1 aromatic carbocycles. The summed E-state index contributed by atoms with van der Waals surface area (Å²) in [6, 6.07) is 10.3. The zero-order chi connectivity index (χ0) is 12.8. The molecule has 1 aliphatic heterocycles. The van der Waals surface area contributed by atoms with Crippen LogP contribution in [0.15, 0.2) is 42.5 Å². The van der Waals surface area contributed by atoms with E-state index in [0.29, 0.717) is 6.42 Å². The highest BCUT2D eigenvalue weighted by molar-refractivity contribution is 5.72. The highest BCUT2D eigenvalue weighted by atomic mass is 16.6. The highest BCUT2D eigenvalue weighted by Crippen LogP contribution is 2.18. The van der Waals surface area contributed by atoms with Crippen LogP contribution in [0.4, 0.5) is 0 Å². The van der Waals surface area contributed by atoms with Crippen LogP contribution in [0, 0.1) is 0 Å². The zero-order valence-corrected chi connectivity index (χ0v) is 10.3. The molecule has 0 unspecified atom stereocenters. The van der Waals surface area contributed by atoms with Crippen LogP contribution in [0.5, 0.6) is 0 Å². The second-order valence-corrected chi connectivity index (χ2v) is 4.53. The summed E-state index contributed by atoms with van der Waals surface area (Å²) in [5, 5.41) is 9.51. The number of carbonyl (C=O) groups is 1. The van der Waals surface area contributed by atoms with Crippen LogP contribution in [0.3, 0.4) is 0 Å². The summed E-state index contributed by atoms with van der Waals surface area (Å²) < 4.78 is 5.00. The number of esters is 1. The van der Waals surface area contributed by atoms with Gasteiger partial charge in [0.05, 0.1) is 6.42 Å². The van der Waals surface area contributed by atoms with Crippen molar-refractivity contribution in [1.82, 2.24) is 0 Å². The first-order valence-corrected chi connectivity index (χ1v) is 6.32. The molecule has 1 N–H and O–H groups in total. The molecular weight excluding hydrogens is 228 g/mol. The van der Waals surface area contributed by atoms with Gasteiger partial charge in [0.1, 0.15) is 12.2 Å². The van der Waals surface area contributed by atoms with E-state index in [-0.39, 0.29) is 18.5 Å². The van der Waals surface area contributed by atoms with Gasteiger partial charge in [-0.25, -0.2) is 0 Å². The summed E-state index contributed by atoms with van der Waals surface area (Å²) in [5.74, 6) is -0.301. The zero-order valence-electron chi connectivity index (χ0n) is 10.3. The summed E-state index contributed by atoms with van der Waals surface area (Å²) in [4.78, 5) is 10.9. The van der Waals surface area contributed by atoms with Crippen LogP contribution in [0.1, 0.15) is 24.8 Å². The molecule has 0 spiro atoms. The molecule has 1 heterocycles. The molecule has 3 heteroatoms. The minimum absolute atomic E-state index is 0.128. The van der Waals surface area contributed by atoms with E-state index >= 15 is 0 Å². The van der Waals surface area contributed by atoms with Crippen molar-refractivity contribution < 1.29 is 14.6 Å². The molecule has 1 fully saturated rings. The topological polar surface area (TPSA) is 46.5 Å². The van der Waals surface area contributed by atoms with Crippen LogP contribution < -0.4 is 0 Å². The third-order valence-corrected chi connectivity index (χ3v) is 3.07. The number of hydrogen-bond donors (Lipinski definition) is 1. The third-order valence-electron chi connectivity index (χ3n) is 3.07. The third kappa shape index (κ3) is 3.70. The van der Waals surface area contributed by atoms with E-state index in [1.54, 1.807) is 0 Å². The first kappa shape index (κ1) is 12.8. The van der Waals surface area contributed by atoms with Crippen LogP contribution in [-0.2, 0) is 16.0 Å². The minimum Gasteiger partial charge on any atom is -0.459 e. The van der Waals surface area contributed by atoms with Gasteiger partial charge in [-0.1, -0.05) is 42.5 Å². The molecule has 2 rings (SSSR count). The van der Waals surface area contributed by atoms with Crippen molar-refractivity contribution in [3.05, 3.63) is 48.0 Å². The fraction of sp³-hybridized carbons (Fsp3) is 0.400. The van der Waals surface area contributed by atoms with Crippen LogP contribution in [-0.4, -0.2) is 23.3 Å². The molecule has 0 saturated carbocycles. The van der Waals surface area contributed by atoms with Crippen molar-refractivity contribution >= 4 is 5.97 Å². The first-order valence-electron chi connectivity index (χ1n) is 6.32. The average Bonchev–Trinajstić information content (AvgIpc) is 2.69. The van der Waals surface area contributed by atoms with E-state index in [2.05, 4.69) is 18.2 Å². The lowest BCUT2D eigenvalue weighted by molar-refractivity contribution is -0.141. The summed E-state index contributed by atoms with van der Waals surface area (Å²) in [6.07, 6.45) is 5.75. The number of aliphatic hydroxyl groups excluding tert-OH is 1. The number of aliphatic hydroxyl groups is 1. The van der Waals surface area contributed by atoms with Gasteiger partial charge in [-0.3, -0.25) is 4.79 Å². The Morgan fingerprint density at radius 2 is 2.06 bits per heavy atom. The Labute approximate surface area is 107 Å². The Balaban J connectivity index is 1.68. The summed E-state index contributed by atoms with van der Waals surface area (Å²) in [6.45, 7) is 0. The summed E-state index contributed by atoms with van der Waals surface area (Å²) in [7, 11) is 0. The van der Waals surface area contributed by atoms with Crippen molar-refractivity contribution in [3.8, 4) is 0 Å². The smallest absolute Gasteiger partial charge is 0.308 e. The molecule has 1 aliphatic rings. The number of hydrogen-bond acceptors (Lipinski definition) is 3. The van der Waals surface area contributed by atoms with Crippen LogP contribution in [0.25, 0.3) is 0 Å².